The average molecular weight is 1600 g/mol. The third-order valence-electron chi connectivity index (χ3n) is 19.4. The van der Waals surface area contributed by atoms with Gasteiger partial charge in [-0.3, -0.25) is 58.1 Å². The average Bonchev–Trinajstić information content (AvgIpc) is 1.60. The molecule has 3 aromatic heterocycles. The summed E-state index contributed by atoms with van der Waals surface area (Å²) in [5, 5.41) is 79.3. The number of H-pyrrole nitrogens is 3. The van der Waals surface area contributed by atoms with E-state index in [0.717, 1.165) is 16.5 Å². The third kappa shape index (κ3) is 27.5. The number of likely N-dealkylation sites (tertiary alicyclic amines) is 1. The summed E-state index contributed by atoms with van der Waals surface area (Å²) >= 11 is 0. The zero-order valence-corrected chi connectivity index (χ0v) is 64.7. The smallest absolute Gasteiger partial charge is 0.326 e. The number of carbonyl (C=O) groups excluding carboxylic acids is 11. The number of aliphatic hydroxyl groups excluding tert-OH is 1. The molecule has 1 aliphatic heterocycles. The SMILES string of the molecule is CC(C)C[C@H](NC(=O)[C@@H](NC(=O)[C@H](Cc1c[nH]cn1)NC(=O)[C@H](Cc1ccc(O)cc1)NC(=O)[C@H](CCCNC(=N)N)NC(=O)[C@@H]1CCCN1C(=O)[C@H](Cc1ccc(O)cc1)NC(=O)[C@H](Cc1c[nH]cn1)NC(=O)[C@H](Cc1ccccc1)NC(=O)CNC(=O)[C@@H](N)Cc1c[nH]c2ccccc12)[C@@H](C)O)C(=O)N[C@@H](CCCCN)C(=O)O. The molecule has 1 aliphatic rings. The van der Waals surface area contributed by atoms with Crippen molar-refractivity contribution in [2.24, 2.45) is 23.1 Å². The molecule has 0 unspecified atom stereocenters. The minimum Gasteiger partial charge on any atom is -0.508 e. The predicted octanol–water partition coefficient (Wildman–Crippen LogP) is -1.52. The number of phenolic OH excluding ortho intramolecular Hbond substituents is 2. The van der Waals surface area contributed by atoms with Gasteiger partial charge in [-0.05, 0) is 130 Å². The van der Waals surface area contributed by atoms with E-state index < -0.39 is 156 Å². The number of unbranched alkanes of at least 4 members (excludes halogenated alkanes) is 1. The number of nitrogens with zero attached hydrogens (tertiary/aromatic N) is 3. The molecule has 0 bridgehead atoms. The fraction of sp³-hybridized carbons (Fsp3) is 0.430. The Hall–Kier alpha value is -12.8. The summed E-state index contributed by atoms with van der Waals surface area (Å²) in [6.45, 7) is 4.37. The second-order valence-corrected chi connectivity index (χ2v) is 29.0. The molecule has 25 N–H and O–H groups in total. The number of carboxylic acid groups (broad SMARTS) is 1. The van der Waals surface area contributed by atoms with Crippen LogP contribution in [0, 0.1) is 11.3 Å². The highest BCUT2D eigenvalue weighted by atomic mass is 16.4. The number of hydrogen-bond donors (Lipinski definition) is 22. The quantitative estimate of drug-likeness (QED) is 0.0117. The molecule has 622 valence electrons. The zero-order chi connectivity index (χ0) is 84.0. The van der Waals surface area contributed by atoms with E-state index in [-0.39, 0.29) is 120 Å². The Kier molecular flexibility index (Phi) is 33.7. The number of imidazole rings is 2. The minimum absolute atomic E-state index is 0.00583. The Morgan fingerprint density at radius 2 is 1.04 bits per heavy atom. The van der Waals surface area contributed by atoms with Crippen LogP contribution < -0.4 is 75.7 Å². The van der Waals surface area contributed by atoms with E-state index in [0.29, 0.717) is 35.2 Å². The Morgan fingerprint density at radius 1 is 0.543 bits per heavy atom. The van der Waals surface area contributed by atoms with Gasteiger partial charge in [0.2, 0.25) is 65.0 Å². The second kappa shape index (κ2) is 44.0. The maximum atomic E-state index is 15.4. The lowest BCUT2D eigenvalue weighted by molar-refractivity contribution is -0.143. The molecule has 11 amide bonds. The van der Waals surface area contributed by atoms with Crippen molar-refractivity contribution in [1.29, 1.82) is 5.41 Å². The summed E-state index contributed by atoms with van der Waals surface area (Å²) in [6, 6.07) is 11.5. The van der Waals surface area contributed by atoms with Gasteiger partial charge < -0.3 is 116 Å². The van der Waals surface area contributed by atoms with Gasteiger partial charge in [0.15, 0.2) is 5.96 Å². The minimum atomic E-state index is -1.80. The number of aliphatic carboxylic acids is 1. The first kappa shape index (κ1) is 88.8. The van der Waals surface area contributed by atoms with E-state index in [9.17, 15) is 54.0 Å². The van der Waals surface area contributed by atoms with Crippen LogP contribution in [0.4, 0.5) is 0 Å². The Balaban J connectivity index is 1.01. The predicted molar refractivity (Wildman–Crippen MR) is 424 cm³/mol. The lowest BCUT2D eigenvalue weighted by atomic mass is 10.0. The maximum Gasteiger partial charge on any atom is 0.326 e. The number of aliphatic hydroxyl groups is 1. The molecule has 4 heterocycles. The van der Waals surface area contributed by atoms with E-state index in [1.807, 2.05) is 24.3 Å². The van der Waals surface area contributed by atoms with Crippen molar-refractivity contribution < 1.29 is 78.0 Å². The van der Waals surface area contributed by atoms with Crippen LogP contribution in [0.5, 0.6) is 11.5 Å². The van der Waals surface area contributed by atoms with E-state index in [4.69, 9.17) is 22.6 Å². The van der Waals surface area contributed by atoms with Crippen molar-refractivity contribution in [3.63, 3.8) is 0 Å². The number of guanidine groups is 1. The van der Waals surface area contributed by atoms with Crippen molar-refractivity contribution in [3.05, 3.63) is 168 Å². The van der Waals surface area contributed by atoms with Crippen LogP contribution in [0.3, 0.4) is 0 Å². The van der Waals surface area contributed by atoms with Crippen molar-refractivity contribution in [1.82, 2.24) is 88.3 Å². The number of benzene rings is 4. The highest BCUT2D eigenvalue weighted by Gasteiger charge is 2.42. The normalized spacial score (nSPS) is 15.4. The van der Waals surface area contributed by atoms with E-state index in [1.54, 1.807) is 50.4 Å². The number of fused-ring (bicyclic) bond motifs is 1. The molecule has 0 radical (unpaired) electrons. The van der Waals surface area contributed by atoms with Gasteiger partial charge in [-0.1, -0.05) is 86.6 Å². The fourth-order valence-electron chi connectivity index (χ4n) is 13.3. The zero-order valence-electron chi connectivity index (χ0n) is 64.7. The van der Waals surface area contributed by atoms with E-state index in [1.165, 1.54) is 85.4 Å². The lowest BCUT2D eigenvalue weighted by Gasteiger charge is -2.31. The van der Waals surface area contributed by atoms with Crippen LogP contribution in [-0.4, -0.2) is 226 Å². The van der Waals surface area contributed by atoms with Gasteiger partial charge in [0.05, 0.1) is 42.7 Å². The summed E-state index contributed by atoms with van der Waals surface area (Å²) < 4.78 is 0. The number of rotatable bonds is 45. The van der Waals surface area contributed by atoms with E-state index in [2.05, 4.69) is 83.4 Å². The molecule has 8 rings (SSSR count). The summed E-state index contributed by atoms with van der Waals surface area (Å²) in [7, 11) is 0. The number of hydrogen-bond acceptors (Lipinski definition) is 20. The summed E-state index contributed by atoms with van der Waals surface area (Å²) in [5.41, 5.74) is 21.1. The molecule has 4 aromatic carbocycles. The van der Waals surface area contributed by atoms with Crippen LogP contribution in [0.15, 0.2) is 134 Å². The van der Waals surface area contributed by atoms with Gasteiger partial charge in [-0.25, -0.2) is 14.8 Å². The van der Waals surface area contributed by atoms with Crippen molar-refractivity contribution in [2.75, 3.05) is 26.2 Å². The van der Waals surface area contributed by atoms with Crippen molar-refractivity contribution in [2.45, 2.75) is 183 Å². The highest BCUT2D eigenvalue weighted by molar-refractivity contribution is 6.00. The first-order valence-electron chi connectivity index (χ1n) is 38.4. The van der Waals surface area contributed by atoms with Crippen LogP contribution in [0.1, 0.15) is 106 Å². The number of nitrogens with one attached hydrogen (secondary N) is 15. The number of aromatic nitrogens is 5. The molecular formula is C79H105N21O16. The molecule has 0 saturated carbocycles. The molecule has 1 fully saturated rings. The molecule has 0 aliphatic carbocycles. The molecule has 7 aromatic rings. The molecule has 116 heavy (non-hydrogen) atoms. The molecule has 12 atom stereocenters. The topological polar surface area (TPSA) is 596 Å². The third-order valence-corrected chi connectivity index (χ3v) is 19.4. The molecule has 37 heteroatoms. The van der Waals surface area contributed by atoms with Gasteiger partial charge in [-0.2, -0.15) is 0 Å². The number of aromatic amines is 3. The van der Waals surface area contributed by atoms with Crippen LogP contribution >= 0.6 is 0 Å². The number of carboxylic acids is 1. The van der Waals surface area contributed by atoms with Gasteiger partial charge in [0, 0.05) is 74.7 Å². The molecular weight excluding hydrogens is 1500 g/mol. The monoisotopic (exact) mass is 1600 g/mol. The van der Waals surface area contributed by atoms with Crippen LogP contribution in [-0.2, 0) is 96.1 Å². The number of nitrogens with two attached hydrogens (primary N) is 3. The van der Waals surface area contributed by atoms with Crippen molar-refractivity contribution in [3.8, 4) is 11.5 Å². The first-order valence-corrected chi connectivity index (χ1v) is 38.4. The molecule has 0 spiro atoms. The number of para-hydroxylation sites is 1. The Morgan fingerprint density at radius 3 is 1.59 bits per heavy atom. The number of aromatic hydroxyl groups is 2. The second-order valence-electron chi connectivity index (χ2n) is 29.0. The summed E-state index contributed by atoms with van der Waals surface area (Å²) in [5.74, 6) is -11.9. The standard InChI is InChI=1S/C79H105N21O16/c1-44(2)31-59(70(107)93-58(78(115)116)17-9-10-28-80)97-76(113)67(45(3)101)99-74(111)63(37-51-40-85-43-90-51)96-72(109)61(33-47-20-24-52(102)25-21-47)94-69(106)57(18-11-29-86-79(82)83)92-75(112)65-19-12-30-100(65)77(114)64(34-48-22-26-53(103)27-23-48)98-73(110)62(36-50-39-84-42-89-50)95-71(108)60(32-46-13-5-4-6-14-46)91-66(104)41-88-68(105)55(81)35-49-38-87-56-16-8-7-15-54(49)56/h4-8,13-16,20-27,38-40,42-45,55,57-65,67,87,101-103H,9-12,17-19,28-37,41,80-81H2,1-3H3,(H,84,89)(H,85,90)(H,88,105)(H,91,104)(H,92,112)(H,93,107)(H,94,106)(H,95,108)(H,96,109)(H,97,113)(H,98,110)(H,99,111)(H,115,116)(H4,82,83,86)/t45-,55+,57+,58+,59+,60+,61+,62+,63+,64+,65+,67+/m1/s1. The summed E-state index contributed by atoms with van der Waals surface area (Å²) in [4.78, 5) is 191. The van der Waals surface area contributed by atoms with Crippen LogP contribution in [0.25, 0.3) is 10.9 Å². The van der Waals surface area contributed by atoms with E-state index >= 15 is 24.0 Å². The molecule has 37 nitrogen and oxygen atoms in total. The summed E-state index contributed by atoms with van der Waals surface area (Å²) in [6.07, 6.45) is 5.59. The number of amides is 11. The van der Waals surface area contributed by atoms with Gasteiger partial charge >= 0.3 is 5.97 Å². The Labute approximate surface area is 668 Å². The molecule has 1 saturated heterocycles. The first-order chi connectivity index (χ1) is 55.5. The lowest BCUT2D eigenvalue weighted by Crippen LogP contribution is -2.62. The Bertz CT molecular complexity index is 4450. The maximum absolute atomic E-state index is 15.4. The van der Waals surface area contributed by atoms with Gasteiger partial charge in [-0.15, -0.1) is 0 Å². The largest absolute Gasteiger partial charge is 0.508 e. The number of phenols is 2. The van der Waals surface area contributed by atoms with Crippen molar-refractivity contribution >= 4 is 87.8 Å². The fourth-order valence-corrected chi connectivity index (χ4v) is 13.3. The van der Waals surface area contributed by atoms with Crippen LogP contribution in [0.2, 0.25) is 0 Å². The van der Waals surface area contributed by atoms with Gasteiger partial charge in [0.25, 0.3) is 0 Å². The highest BCUT2D eigenvalue weighted by Crippen LogP contribution is 2.24. The van der Waals surface area contributed by atoms with Gasteiger partial charge in [0.1, 0.15) is 71.9 Å². The number of carbonyl (C=O) groups is 12.